The average Bonchev–Trinajstić information content (AvgIpc) is 2.16. The largest absolute Gasteiger partial charge is 0.372 e. The molecule has 0 saturated heterocycles. The van der Waals surface area contributed by atoms with E-state index in [1.54, 1.807) is 26.0 Å². The van der Waals surface area contributed by atoms with E-state index in [4.69, 9.17) is 11.0 Å². The lowest BCUT2D eigenvalue weighted by Gasteiger charge is -2.14. The van der Waals surface area contributed by atoms with E-state index >= 15 is 0 Å². The molecule has 74 valence electrons. The lowest BCUT2D eigenvalue weighted by atomic mass is 10.3. The van der Waals surface area contributed by atoms with Crippen molar-refractivity contribution in [3.63, 3.8) is 0 Å². The normalized spacial score (nSPS) is 9.29. The first kappa shape index (κ1) is 10.1. The van der Waals surface area contributed by atoms with Crippen molar-refractivity contribution in [3.8, 4) is 6.07 Å². The second-order valence-electron chi connectivity index (χ2n) is 2.89. The number of hydrogen-bond acceptors (Lipinski definition) is 6. The van der Waals surface area contributed by atoms with Gasteiger partial charge in [0.05, 0.1) is 0 Å². The Morgan fingerprint density at radius 1 is 1.43 bits per heavy atom. The average molecular weight is 192 g/mol. The van der Waals surface area contributed by atoms with Gasteiger partial charge >= 0.3 is 0 Å². The van der Waals surface area contributed by atoms with Crippen LogP contribution >= 0.6 is 0 Å². The molecule has 14 heavy (non-hydrogen) atoms. The maximum atomic E-state index is 8.93. The third-order valence-corrected chi connectivity index (χ3v) is 1.68. The number of nitriles is 1. The van der Waals surface area contributed by atoms with Gasteiger partial charge in [-0.2, -0.15) is 15.2 Å². The topological polar surface area (TPSA) is 90.9 Å². The molecule has 1 heterocycles. The van der Waals surface area contributed by atoms with Crippen LogP contribution in [0.3, 0.4) is 0 Å². The van der Waals surface area contributed by atoms with Gasteiger partial charge in [-0.3, -0.25) is 0 Å². The van der Waals surface area contributed by atoms with Gasteiger partial charge < -0.3 is 16.0 Å². The van der Waals surface area contributed by atoms with Crippen LogP contribution in [-0.2, 0) is 0 Å². The van der Waals surface area contributed by atoms with Crippen LogP contribution in [0.25, 0.3) is 0 Å². The number of nitrogens with one attached hydrogen (secondary N) is 1. The summed E-state index contributed by atoms with van der Waals surface area (Å²) in [6, 6.07) is 2.04. The molecular formula is C8H12N6. The van der Waals surface area contributed by atoms with Gasteiger partial charge in [0.15, 0.2) is 11.6 Å². The number of nitrogens with zero attached hydrogens (tertiary/aromatic N) is 4. The van der Waals surface area contributed by atoms with Crippen molar-refractivity contribution in [1.29, 1.82) is 5.26 Å². The van der Waals surface area contributed by atoms with Crippen LogP contribution in [0, 0.1) is 11.3 Å². The molecule has 0 aliphatic carbocycles. The summed E-state index contributed by atoms with van der Waals surface area (Å²) in [5, 5.41) is 11.7. The molecule has 0 aliphatic heterocycles. The summed E-state index contributed by atoms with van der Waals surface area (Å²) in [4.78, 5) is 9.61. The monoisotopic (exact) mass is 192 g/mol. The molecule has 1 aromatic rings. The van der Waals surface area contributed by atoms with Crippen molar-refractivity contribution in [1.82, 2.24) is 9.97 Å². The third kappa shape index (κ3) is 1.66. The predicted octanol–water partition coefficient (Wildman–Crippen LogP) is 0.0382. The number of anilines is 3. The van der Waals surface area contributed by atoms with E-state index in [1.165, 1.54) is 0 Å². The maximum absolute atomic E-state index is 8.93. The highest BCUT2D eigenvalue weighted by Gasteiger charge is 2.13. The van der Waals surface area contributed by atoms with Gasteiger partial charge in [0.1, 0.15) is 11.6 Å². The number of aromatic nitrogens is 2. The van der Waals surface area contributed by atoms with Crippen LogP contribution in [0.4, 0.5) is 17.6 Å². The van der Waals surface area contributed by atoms with Crippen LogP contribution in [0.1, 0.15) is 5.56 Å². The van der Waals surface area contributed by atoms with Gasteiger partial charge in [-0.05, 0) is 0 Å². The first-order valence-corrected chi connectivity index (χ1v) is 4.02. The van der Waals surface area contributed by atoms with Crippen molar-refractivity contribution in [2.75, 3.05) is 37.1 Å². The van der Waals surface area contributed by atoms with Gasteiger partial charge in [-0.15, -0.1) is 0 Å². The van der Waals surface area contributed by atoms with Gasteiger partial charge in [0, 0.05) is 21.1 Å². The fourth-order valence-electron chi connectivity index (χ4n) is 1.07. The summed E-state index contributed by atoms with van der Waals surface area (Å²) in [6.45, 7) is 0. The highest BCUT2D eigenvalue weighted by molar-refractivity contribution is 5.66. The molecule has 0 saturated carbocycles. The Balaban J connectivity index is 3.41. The Labute approximate surface area is 82.4 Å². The molecule has 1 rings (SSSR count). The smallest absolute Gasteiger partial charge is 0.224 e. The number of nitrogens with two attached hydrogens (primary N) is 1. The van der Waals surface area contributed by atoms with E-state index in [0.29, 0.717) is 17.2 Å². The zero-order chi connectivity index (χ0) is 10.7. The molecule has 3 N–H and O–H groups in total. The fraction of sp³-hybridized carbons (Fsp3) is 0.375. The molecule has 0 bridgehead atoms. The number of rotatable bonds is 2. The van der Waals surface area contributed by atoms with Crippen molar-refractivity contribution >= 4 is 17.6 Å². The molecule has 0 unspecified atom stereocenters. The van der Waals surface area contributed by atoms with Crippen LogP contribution in [0.15, 0.2) is 0 Å². The van der Waals surface area contributed by atoms with Crippen LogP contribution in [0.2, 0.25) is 0 Å². The zero-order valence-corrected chi connectivity index (χ0v) is 8.37. The van der Waals surface area contributed by atoms with E-state index < -0.39 is 0 Å². The van der Waals surface area contributed by atoms with E-state index in [0.717, 1.165) is 0 Å². The molecule has 0 spiro atoms. The lowest BCUT2D eigenvalue weighted by Crippen LogP contribution is -2.16. The number of hydrogen-bond donors (Lipinski definition) is 2. The van der Waals surface area contributed by atoms with E-state index in [2.05, 4.69) is 15.3 Å². The quantitative estimate of drug-likeness (QED) is 0.687. The minimum absolute atomic E-state index is 0.150. The Morgan fingerprint density at radius 2 is 2.07 bits per heavy atom. The molecule has 6 heteroatoms. The zero-order valence-electron chi connectivity index (χ0n) is 8.37. The molecule has 6 nitrogen and oxygen atoms in total. The van der Waals surface area contributed by atoms with Crippen LogP contribution in [0.5, 0.6) is 0 Å². The Hall–Kier alpha value is -2.03. The first-order chi connectivity index (χ1) is 6.60. The predicted molar refractivity (Wildman–Crippen MR) is 55.0 cm³/mol. The van der Waals surface area contributed by atoms with Crippen molar-refractivity contribution in [2.45, 2.75) is 0 Å². The molecule has 0 aliphatic rings. The van der Waals surface area contributed by atoms with Gasteiger partial charge in [0.2, 0.25) is 5.95 Å². The highest BCUT2D eigenvalue weighted by atomic mass is 15.2. The molecule has 0 atom stereocenters. The highest BCUT2D eigenvalue weighted by Crippen LogP contribution is 2.22. The summed E-state index contributed by atoms with van der Waals surface area (Å²) in [6.07, 6.45) is 0. The first-order valence-electron chi connectivity index (χ1n) is 4.02. The Bertz CT molecular complexity index is 378. The fourth-order valence-corrected chi connectivity index (χ4v) is 1.07. The Morgan fingerprint density at radius 3 is 2.50 bits per heavy atom. The van der Waals surface area contributed by atoms with Crippen molar-refractivity contribution in [3.05, 3.63) is 5.56 Å². The second kappa shape index (κ2) is 3.79. The van der Waals surface area contributed by atoms with E-state index in [1.807, 2.05) is 6.07 Å². The minimum atomic E-state index is 0.150. The second-order valence-corrected chi connectivity index (χ2v) is 2.89. The van der Waals surface area contributed by atoms with Crippen LogP contribution < -0.4 is 16.0 Å². The standard InChI is InChI=1S/C8H12N6/c1-11-6-5(4-9)7(14(2)3)13-8(10)12-6/h1-3H3,(H3,10,11,12,13). The van der Waals surface area contributed by atoms with Gasteiger partial charge in [-0.25, -0.2) is 0 Å². The van der Waals surface area contributed by atoms with Gasteiger partial charge in [0.25, 0.3) is 0 Å². The summed E-state index contributed by atoms with van der Waals surface area (Å²) in [7, 11) is 5.27. The molecule has 0 amide bonds. The van der Waals surface area contributed by atoms with Crippen molar-refractivity contribution < 1.29 is 0 Å². The summed E-state index contributed by atoms with van der Waals surface area (Å²) in [5.74, 6) is 1.12. The third-order valence-electron chi connectivity index (χ3n) is 1.68. The van der Waals surface area contributed by atoms with Crippen molar-refractivity contribution in [2.24, 2.45) is 0 Å². The summed E-state index contributed by atoms with van der Waals surface area (Å²) < 4.78 is 0. The van der Waals surface area contributed by atoms with E-state index in [9.17, 15) is 0 Å². The van der Waals surface area contributed by atoms with E-state index in [-0.39, 0.29) is 5.95 Å². The maximum Gasteiger partial charge on any atom is 0.224 e. The molecule has 0 aromatic carbocycles. The molecular weight excluding hydrogens is 180 g/mol. The summed E-state index contributed by atoms with van der Waals surface area (Å²) >= 11 is 0. The number of nitrogen functional groups attached to an aromatic ring is 1. The Kier molecular flexibility index (Phi) is 2.72. The van der Waals surface area contributed by atoms with Gasteiger partial charge in [-0.1, -0.05) is 0 Å². The molecule has 0 fully saturated rings. The van der Waals surface area contributed by atoms with Crippen LogP contribution in [-0.4, -0.2) is 31.1 Å². The SMILES string of the molecule is CNc1nc(N)nc(N(C)C)c1C#N. The minimum Gasteiger partial charge on any atom is -0.372 e. The summed E-state index contributed by atoms with van der Waals surface area (Å²) in [5.41, 5.74) is 5.89. The molecule has 1 aromatic heterocycles. The lowest BCUT2D eigenvalue weighted by molar-refractivity contribution is 1.04. The molecule has 0 radical (unpaired) electrons.